The highest BCUT2D eigenvalue weighted by Crippen LogP contribution is 2.31. The molecular weight excluding hydrogens is 297 g/mol. The Morgan fingerprint density at radius 2 is 1.60 bits per heavy atom. The van der Waals surface area contributed by atoms with Crippen molar-refractivity contribution in [3.63, 3.8) is 0 Å². The van der Waals surface area contributed by atoms with Gasteiger partial charge in [0.2, 0.25) is 0 Å². The highest BCUT2D eigenvalue weighted by molar-refractivity contribution is 6.35. The first kappa shape index (κ1) is 13.4. The zero-order valence-electron chi connectivity index (χ0n) is 10.7. The summed E-state index contributed by atoms with van der Waals surface area (Å²) in [5.41, 5.74) is 1.99. The molecular formula is C15H13Cl2NO2. The minimum Gasteiger partial charge on any atom is -0.486 e. The second kappa shape index (κ2) is 5.81. The van der Waals surface area contributed by atoms with Crippen LogP contribution in [0, 0.1) is 0 Å². The lowest BCUT2D eigenvalue weighted by molar-refractivity contribution is 0.171. The van der Waals surface area contributed by atoms with E-state index in [2.05, 4.69) is 5.32 Å². The summed E-state index contributed by atoms with van der Waals surface area (Å²) in [7, 11) is 0. The van der Waals surface area contributed by atoms with E-state index in [0.29, 0.717) is 29.8 Å². The van der Waals surface area contributed by atoms with Crippen LogP contribution in [-0.2, 0) is 6.54 Å². The summed E-state index contributed by atoms with van der Waals surface area (Å²) < 4.78 is 11.1. The van der Waals surface area contributed by atoms with Crippen LogP contribution in [0.1, 0.15) is 5.56 Å². The van der Waals surface area contributed by atoms with E-state index in [9.17, 15) is 0 Å². The molecule has 0 atom stereocenters. The third kappa shape index (κ3) is 3.11. The lowest BCUT2D eigenvalue weighted by Crippen LogP contribution is -2.15. The molecule has 104 valence electrons. The van der Waals surface area contributed by atoms with Gasteiger partial charge in [-0.1, -0.05) is 29.3 Å². The van der Waals surface area contributed by atoms with E-state index in [1.54, 1.807) is 6.07 Å². The molecule has 1 heterocycles. The molecule has 5 heteroatoms. The molecule has 1 aliphatic heterocycles. The van der Waals surface area contributed by atoms with Gasteiger partial charge in [0.25, 0.3) is 0 Å². The maximum atomic E-state index is 5.97. The fourth-order valence-corrected chi connectivity index (χ4v) is 2.58. The molecule has 0 aliphatic carbocycles. The monoisotopic (exact) mass is 309 g/mol. The first-order valence-corrected chi connectivity index (χ1v) is 7.05. The van der Waals surface area contributed by atoms with Crippen LogP contribution in [0.15, 0.2) is 36.4 Å². The highest BCUT2D eigenvalue weighted by atomic mass is 35.5. The Morgan fingerprint density at radius 1 is 0.900 bits per heavy atom. The third-order valence-electron chi connectivity index (χ3n) is 2.97. The number of anilines is 1. The molecule has 1 aliphatic rings. The van der Waals surface area contributed by atoms with Crippen molar-refractivity contribution < 1.29 is 9.47 Å². The van der Waals surface area contributed by atoms with Crippen LogP contribution in [-0.4, -0.2) is 13.2 Å². The van der Waals surface area contributed by atoms with Crippen molar-refractivity contribution in [2.45, 2.75) is 6.54 Å². The number of benzene rings is 2. The largest absolute Gasteiger partial charge is 0.486 e. The first-order valence-electron chi connectivity index (χ1n) is 6.29. The molecule has 0 fully saturated rings. The van der Waals surface area contributed by atoms with Crippen LogP contribution in [0.25, 0.3) is 0 Å². The fourth-order valence-electron chi connectivity index (χ4n) is 2.06. The van der Waals surface area contributed by atoms with Gasteiger partial charge < -0.3 is 14.8 Å². The van der Waals surface area contributed by atoms with Gasteiger partial charge in [-0.2, -0.15) is 0 Å². The lowest BCUT2D eigenvalue weighted by atomic mass is 10.2. The van der Waals surface area contributed by atoms with Crippen LogP contribution >= 0.6 is 23.2 Å². The van der Waals surface area contributed by atoms with Gasteiger partial charge in [0.15, 0.2) is 11.5 Å². The van der Waals surface area contributed by atoms with Crippen molar-refractivity contribution in [1.82, 2.24) is 0 Å². The zero-order valence-corrected chi connectivity index (χ0v) is 12.2. The van der Waals surface area contributed by atoms with E-state index < -0.39 is 0 Å². The number of ether oxygens (including phenoxy) is 2. The van der Waals surface area contributed by atoms with Crippen molar-refractivity contribution in [3.8, 4) is 11.5 Å². The minimum absolute atomic E-state index is 0.591. The van der Waals surface area contributed by atoms with Crippen molar-refractivity contribution >= 4 is 28.9 Å². The standard InChI is InChI=1S/C15H13Cl2NO2/c16-11-6-12(17)8-13(7-11)18-9-10-1-2-14-15(5-10)20-4-3-19-14/h1-2,5-8,18H,3-4,9H2. The topological polar surface area (TPSA) is 30.5 Å². The average molecular weight is 310 g/mol. The molecule has 2 aromatic carbocycles. The molecule has 0 unspecified atom stereocenters. The van der Waals surface area contributed by atoms with Crippen molar-refractivity contribution in [2.75, 3.05) is 18.5 Å². The third-order valence-corrected chi connectivity index (χ3v) is 3.40. The minimum atomic E-state index is 0.591. The summed E-state index contributed by atoms with van der Waals surface area (Å²) in [4.78, 5) is 0. The second-order valence-corrected chi connectivity index (χ2v) is 5.36. The molecule has 0 saturated carbocycles. The van der Waals surface area contributed by atoms with Gasteiger partial charge in [-0.25, -0.2) is 0 Å². The Morgan fingerprint density at radius 3 is 2.35 bits per heavy atom. The van der Waals surface area contributed by atoms with Gasteiger partial charge in [-0.3, -0.25) is 0 Å². The maximum Gasteiger partial charge on any atom is 0.161 e. The van der Waals surface area contributed by atoms with E-state index in [1.165, 1.54) is 0 Å². The van der Waals surface area contributed by atoms with E-state index in [-0.39, 0.29) is 0 Å². The maximum absolute atomic E-state index is 5.97. The summed E-state index contributed by atoms with van der Waals surface area (Å²) >= 11 is 11.9. The number of hydrogen-bond donors (Lipinski definition) is 1. The molecule has 3 rings (SSSR count). The molecule has 20 heavy (non-hydrogen) atoms. The van der Waals surface area contributed by atoms with Crippen LogP contribution in [0.4, 0.5) is 5.69 Å². The summed E-state index contributed by atoms with van der Waals surface area (Å²) in [5.74, 6) is 1.59. The molecule has 2 aromatic rings. The lowest BCUT2D eigenvalue weighted by Gasteiger charge is -2.19. The number of hydrogen-bond acceptors (Lipinski definition) is 3. The molecule has 1 N–H and O–H groups in total. The van der Waals surface area contributed by atoms with Crippen LogP contribution in [0.5, 0.6) is 11.5 Å². The van der Waals surface area contributed by atoms with E-state index in [0.717, 1.165) is 22.7 Å². The normalized spacial score (nSPS) is 13.1. The number of halogens is 2. The van der Waals surface area contributed by atoms with Crippen LogP contribution < -0.4 is 14.8 Å². The van der Waals surface area contributed by atoms with Crippen molar-refractivity contribution in [3.05, 3.63) is 52.0 Å². The van der Waals surface area contributed by atoms with Gasteiger partial charge in [0, 0.05) is 22.3 Å². The molecule has 0 aromatic heterocycles. The van der Waals surface area contributed by atoms with E-state index >= 15 is 0 Å². The summed E-state index contributed by atoms with van der Waals surface area (Å²) in [6.45, 7) is 1.85. The molecule has 3 nitrogen and oxygen atoms in total. The van der Waals surface area contributed by atoms with Crippen LogP contribution in [0.2, 0.25) is 10.0 Å². The number of fused-ring (bicyclic) bond motifs is 1. The Labute approximate surface area is 127 Å². The van der Waals surface area contributed by atoms with Gasteiger partial charge >= 0.3 is 0 Å². The quantitative estimate of drug-likeness (QED) is 0.913. The number of rotatable bonds is 3. The van der Waals surface area contributed by atoms with Gasteiger partial charge in [0.05, 0.1) is 0 Å². The predicted octanol–water partition coefficient (Wildman–Crippen LogP) is 4.38. The Hall–Kier alpha value is -1.58. The Bertz CT molecular complexity index is 611. The van der Waals surface area contributed by atoms with E-state index in [1.807, 2.05) is 30.3 Å². The SMILES string of the molecule is Clc1cc(Cl)cc(NCc2ccc3c(c2)OCCO3)c1. The summed E-state index contributed by atoms with van der Waals surface area (Å²) in [6, 6.07) is 11.3. The molecule has 0 radical (unpaired) electrons. The molecule has 0 spiro atoms. The Kier molecular flexibility index (Phi) is 3.90. The fraction of sp³-hybridized carbons (Fsp3) is 0.200. The van der Waals surface area contributed by atoms with E-state index in [4.69, 9.17) is 32.7 Å². The predicted molar refractivity (Wildman–Crippen MR) is 81.2 cm³/mol. The van der Waals surface area contributed by atoms with Crippen molar-refractivity contribution in [1.29, 1.82) is 0 Å². The highest BCUT2D eigenvalue weighted by Gasteiger charge is 2.11. The Balaban J connectivity index is 1.71. The summed E-state index contributed by atoms with van der Waals surface area (Å²) in [5, 5.41) is 4.51. The van der Waals surface area contributed by atoms with Gasteiger partial charge in [-0.05, 0) is 35.9 Å². The average Bonchev–Trinajstić information content (AvgIpc) is 2.44. The van der Waals surface area contributed by atoms with Crippen molar-refractivity contribution in [2.24, 2.45) is 0 Å². The second-order valence-electron chi connectivity index (χ2n) is 4.49. The van der Waals surface area contributed by atoms with Crippen LogP contribution in [0.3, 0.4) is 0 Å². The molecule has 0 bridgehead atoms. The number of nitrogens with one attached hydrogen (secondary N) is 1. The first-order chi connectivity index (χ1) is 9.70. The molecule has 0 amide bonds. The van der Waals surface area contributed by atoms with Gasteiger partial charge in [-0.15, -0.1) is 0 Å². The zero-order chi connectivity index (χ0) is 13.9. The molecule has 0 saturated heterocycles. The summed E-state index contributed by atoms with van der Waals surface area (Å²) in [6.07, 6.45) is 0. The van der Waals surface area contributed by atoms with Gasteiger partial charge in [0.1, 0.15) is 13.2 Å². The smallest absolute Gasteiger partial charge is 0.161 e.